The Morgan fingerprint density at radius 3 is 2.53 bits per heavy atom. The largest absolute Gasteiger partial charge is 0.446 e. The second kappa shape index (κ2) is 8.58. The van der Waals surface area contributed by atoms with Crippen molar-refractivity contribution in [3.63, 3.8) is 0 Å². The van der Waals surface area contributed by atoms with Crippen molar-refractivity contribution in [1.82, 2.24) is 9.97 Å². The van der Waals surface area contributed by atoms with E-state index in [0.717, 1.165) is 57.8 Å². The summed E-state index contributed by atoms with van der Waals surface area (Å²) in [5.74, 6) is 1.13. The molecule has 3 saturated carbocycles. The molecule has 6 heteroatoms. The molecule has 0 spiro atoms. The maximum atomic E-state index is 11.7. The van der Waals surface area contributed by atoms with Gasteiger partial charge in [-0.2, -0.15) is 0 Å². The number of fused-ring (bicyclic) bond motifs is 6. The Kier molecular flexibility index (Phi) is 5.53. The number of rotatable bonds is 6. The van der Waals surface area contributed by atoms with Crippen LogP contribution < -0.4 is 4.74 Å². The van der Waals surface area contributed by atoms with E-state index in [2.05, 4.69) is 45.4 Å². The zero-order valence-corrected chi connectivity index (χ0v) is 19.5. The number of aliphatic hydroxyl groups is 2. The number of aliphatic imine (C=N–C) groups is 1. The van der Waals surface area contributed by atoms with E-state index in [1.807, 2.05) is 6.21 Å². The highest BCUT2D eigenvalue weighted by Crippen LogP contribution is 2.61. The van der Waals surface area contributed by atoms with E-state index >= 15 is 0 Å². The van der Waals surface area contributed by atoms with Gasteiger partial charge in [0, 0.05) is 30.2 Å². The summed E-state index contributed by atoms with van der Waals surface area (Å²) in [6.45, 7) is 0. The van der Waals surface area contributed by atoms with Gasteiger partial charge in [0.25, 0.3) is 0 Å². The van der Waals surface area contributed by atoms with Crippen molar-refractivity contribution in [2.75, 3.05) is 0 Å². The zero-order chi connectivity index (χ0) is 23.2. The van der Waals surface area contributed by atoms with Crippen LogP contribution >= 0.6 is 0 Å². The first kappa shape index (κ1) is 21.9. The summed E-state index contributed by atoms with van der Waals surface area (Å²) in [5, 5.41) is 22.6. The van der Waals surface area contributed by atoms with Gasteiger partial charge in [-0.15, -0.1) is 0 Å². The lowest BCUT2D eigenvalue weighted by Crippen LogP contribution is -2.53. The first-order valence-corrected chi connectivity index (χ1v) is 12.7. The average molecular weight is 460 g/mol. The molecule has 6 nitrogen and oxygen atoms in total. The third-order valence-electron chi connectivity index (χ3n) is 9.32. The summed E-state index contributed by atoms with van der Waals surface area (Å²) in [6, 6.07) is 8.70. The number of nitrogens with zero attached hydrogens (tertiary/aromatic N) is 3. The molecule has 2 N–H and O–H groups in total. The summed E-state index contributed by atoms with van der Waals surface area (Å²) in [6.07, 6.45) is 15.8. The zero-order valence-electron chi connectivity index (χ0n) is 19.5. The maximum absolute atomic E-state index is 11.7. The molecule has 0 radical (unpaired) electrons. The van der Waals surface area contributed by atoms with Crippen molar-refractivity contribution in [2.45, 2.75) is 76.1 Å². The summed E-state index contributed by atoms with van der Waals surface area (Å²) < 4.78 is 5.79. The number of allylic oxidation sites excluding steroid dienone is 1. The van der Waals surface area contributed by atoms with E-state index in [9.17, 15) is 10.2 Å². The quantitative estimate of drug-likeness (QED) is 0.601. The van der Waals surface area contributed by atoms with Crippen molar-refractivity contribution in [3.8, 4) is 5.88 Å². The predicted molar refractivity (Wildman–Crippen MR) is 130 cm³/mol. The molecule has 5 aliphatic rings. The summed E-state index contributed by atoms with van der Waals surface area (Å²) >= 11 is 0. The van der Waals surface area contributed by atoms with Crippen LogP contribution in [0.15, 0.2) is 54.0 Å². The number of hydrogen-bond donors (Lipinski definition) is 2. The summed E-state index contributed by atoms with van der Waals surface area (Å²) in [7, 11) is 0. The van der Waals surface area contributed by atoms with Gasteiger partial charge in [-0.25, -0.2) is 4.98 Å². The fourth-order valence-electron chi connectivity index (χ4n) is 7.18. The lowest BCUT2D eigenvalue weighted by atomic mass is 9.51. The number of ether oxygens (including phenoxy) is 1. The van der Waals surface area contributed by atoms with E-state index in [0.29, 0.717) is 17.7 Å². The molecule has 4 aliphatic carbocycles. The molecular weight excluding hydrogens is 426 g/mol. The van der Waals surface area contributed by atoms with Gasteiger partial charge in [0.2, 0.25) is 12.2 Å². The van der Waals surface area contributed by atoms with Crippen LogP contribution in [0, 0.1) is 16.7 Å². The van der Waals surface area contributed by atoms with Gasteiger partial charge < -0.3 is 14.9 Å². The van der Waals surface area contributed by atoms with Crippen LogP contribution in [0.4, 0.5) is 0 Å². The molecule has 2 bridgehead atoms. The number of aromatic nitrogens is 2. The van der Waals surface area contributed by atoms with E-state index in [1.165, 1.54) is 16.7 Å². The smallest absolute Gasteiger partial charge is 0.234 e. The maximum Gasteiger partial charge on any atom is 0.234 e. The van der Waals surface area contributed by atoms with Gasteiger partial charge in [0.1, 0.15) is 0 Å². The van der Waals surface area contributed by atoms with Crippen LogP contribution in [0.25, 0.3) is 5.57 Å². The molecular formula is C28H33N3O3. The fraction of sp³-hybridized carbons (Fsp3) is 0.536. The van der Waals surface area contributed by atoms with Gasteiger partial charge in [-0.3, -0.25) is 9.98 Å². The number of benzene rings is 1. The lowest BCUT2D eigenvalue weighted by molar-refractivity contribution is -0.190. The van der Waals surface area contributed by atoms with Gasteiger partial charge in [0.15, 0.2) is 0 Å². The van der Waals surface area contributed by atoms with Gasteiger partial charge in [0.05, 0.1) is 12.3 Å². The molecule has 0 amide bonds. The molecule has 34 heavy (non-hydrogen) atoms. The Hall–Kier alpha value is -2.57. The van der Waals surface area contributed by atoms with Crippen LogP contribution in [-0.2, 0) is 0 Å². The molecule has 0 saturated heterocycles. The van der Waals surface area contributed by atoms with Crippen molar-refractivity contribution in [2.24, 2.45) is 21.7 Å². The van der Waals surface area contributed by atoms with E-state index in [1.54, 1.807) is 18.6 Å². The predicted octanol–water partition coefficient (Wildman–Crippen LogP) is 4.88. The molecule has 1 aromatic carbocycles. The van der Waals surface area contributed by atoms with Crippen molar-refractivity contribution in [3.05, 3.63) is 60.2 Å². The Labute approximate surface area is 200 Å². The molecule has 4 unspecified atom stereocenters. The Bertz CT molecular complexity index is 1070. The van der Waals surface area contributed by atoms with Crippen molar-refractivity contribution < 1.29 is 14.9 Å². The minimum absolute atomic E-state index is 0.0589. The van der Waals surface area contributed by atoms with Crippen molar-refractivity contribution in [1.29, 1.82) is 0 Å². The molecule has 178 valence electrons. The van der Waals surface area contributed by atoms with E-state index in [4.69, 9.17) is 4.74 Å². The first-order valence-electron chi connectivity index (χ1n) is 12.7. The third-order valence-corrected chi connectivity index (χ3v) is 9.32. The van der Waals surface area contributed by atoms with Crippen LogP contribution in [0.2, 0.25) is 0 Å². The van der Waals surface area contributed by atoms with Gasteiger partial charge in [-0.05, 0) is 91.7 Å². The van der Waals surface area contributed by atoms with Crippen LogP contribution in [0.5, 0.6) is 5.88 Å². The third kappa shape index (κ3) is 3.59. The minimum atomic E-state index is -0.889. The van der Waals surface area contributed by atoms with Gasteiger partial charge in [-0.1, -0.05) is 24.3 Å². The molecule has 2 aromatic rings. The van der Waals surface area contributed by atoms with E-state index in [-0.39, 0.29) is 16.9 Å². The van der Waals surface area contributed by atoms with Crippen LogP contribution in [0.3, 0.4) is 0 Å². The standard InChI is InChI=1S/C28H33N3O3/c32-24(16-22-19-4-1-2-5-20(19)23-17-29-13-3-6-21(22)23)27-7-10-28(11-8-27,12-9-27)26(33)34-25-18-30-14-15-31-25/h1-2,4-5,13-15,17-18,21-22,24,26,32-33H,3,6-12,16H2. The molecule has 1 aromatic heterocycles. The van der Waals surface area contributed by atoms with Crippen LogP contribution in [0.1, 0.15) is 74.8 Å². The molecule has 4 atom stereocenters. The Morgan fingerprint density at radius 1 is 1.00 bits per heavy atom. The second-order valence-corrected chi connectivity index (χ2v) is 10.8. The highest BCUT2D eigenvalue weighted by atomic mass is 16.6. The molecule has 2 heterocycles. The molecule has 7 rings (SSSR count). The summed E-state index contributed by atoms with van der Waals surface area (Å²) in [5.41, 5.74) is 3.72. The van der Waals surface area contributed by atoms with Crippen molar-refractivity contribution >= 4 is 11.8 Å². The minimum Gasteiger partial charge on any atom is -0.446 e. The molecule has 3 fully saturated rings. The lowest BCUT2D eigenvalue weighted by Gasteiger charge is -2.56. The Morgan fingerprint density at radius 2 is 1.76 bits per heavy atom. The number of aliphatic hydroxyl groups excluding tert-OH is 2. The number of hydrogen-bond acceptors (Lipinski definition) is 6. The monoisotopic (exact) mass is 459 g/mol. The second-order valence-electron chi connectivity index (χ2n) is 10.8. The first-order chi connectivity index (χ1) is 16.6. The van der Waals surface area contributed by atoms with Gasteiger partial charge >= 0.3 is 0 Å². The SMILES string of the molecule is OC(CC1c2ccccc2C2=CN=CCCC21)C12CCC(C(O)Oc3cnccn3)(CC1)CC2. The average Bonchev–Trinajstić information content (AvgIpc) is 3.02. The highest BCUT2D eigenvalue weighted by molar-refractivity contribution is 5.78. The summed E-state index contributed by atoms with van der Waals surface area (Å²) in [4.78, 5) is 12.7. The topological polar surface area (TPSA) is 87.8 Å². The molecule has 1 aliphatic heterocycles. The normalized spacial score (nSPS) is 33.4. The Balaban J connectivity index is 1.17. The fourth-order valence-corrected chi connectivity index (χ4v) is 7.18. The van der Waals surface area contributed by atoms with E-state index < -0.39 is 6.29 Å². The van der Waals surface area contributed by atoms with Crippen LogP contribution in [-0.4, -0.2) is 38.8 Å². The highest BCUT2D eigenvalue weighted by Gasteiger charge is 2.56.